The summed E-state index contributed by atoms with van der Waals surface area (Å²) in [4.78, 5) is 45.4. The van der Waals surface area contributed by atoms with Crippen LogP contribution in [0, 0.1) is 5.41 Å². The fourth-order valence-corrected chi connectivity index (χ4v) is 10.5. The molecule has 0 atom stereocenters. The highest BCUT2D eigenvalue weighted by Gasteiger charge is 2.55. The predicted molar refractivity (Wildman–Crippen MR) is 214 cm³/mol. The first-order chi connectivity index (χ1) is 26.2. The summed E-state index contributed by atoms with van der Waals surface area (Å²) in [5, 5.41) is 1.04. The van der Waals surface area contributed by atoms with Crippen LogP contribution >= 0.6 is 0 Å². The molecular formula is C43H58N4O7S. The van der Waals surface area contributed by atoms with Crippen LogP contribution in [0.15, 0.2) is 42.5 Å². The minimum Gasteiger partial charge on any atom is -0.497 e. The maximum Gasteiger partial charge on any atom is 0.410 e. The number of nitrogens with zero attached hydrogens (tertiary/aromatic N) is 3. The van der Waals surface area contributed by atoms with E-state index in [-0.39, 0.29) is 28.9 Å². The third-order valence-electron chi connectivity index (χ3n) is 12.4. The first-order valence-electron chi connectivity index (χ1n) is 20.3. The van der Waals surface area contributed by atoms with Gasteiger partial charge in [0, 0.05) is 48.2 Å². The van der Waals surface area contributed by atoms with E-state index in [0.717, 1.165) is 92.1 Å². The fraction of sp³-hybridized carbons (Fsp3) is 0.605. The molecule has 55 heavy (non-hydrogen) atoms. The third kappa shape index (κ3) is 7.98. The molecule has 4 fully saturated rings. The summed E-state index contributed by atoms with van der Waals surface area (Å²) in [6.45, 7) is 9.73. The molecule has 2 aliphatic heterocycles. The monoisotopic (exact) mass is 774 g/mol. The maximum absolute atomic E-state index is 14.7. The van der Waals surface area contributed by atoms with Crippen LogP contribution in [-0.4, -0.2) is 84.3 Å². The molecule has 2 aliphatic carbocycles. The summed E-state index contributed by atoms with van der Waals surface area (Å²) in [5.41, 5.74) is 2.94. The molecule has 1 aromatic heterocycles. The first-order valence-corrected chi connectivity index (χ1v) is 22.0. The van der Waals surface area contributed by atoms with Crippen LogP contribution < -0.4 is 9.46 Å². The number of piperidine rings is 1. The van der Waals surface area contributed by atoms with E-state index >= 15 is 0 Å². The van der Waals surface area contributed by atoms with Gasteiger partial charge in [-0.2, -0.15) is 0 Å². The normalized spacial score (nSPS) is 19.8. The van der Waals surface area contributed by atoms with Crippen LogP contribution in [0.2, 0.25) is 0 Å². The van der Waals surface area contributed by atoms with Crippen molar-refractivity contribution in [3.63, 3.8) is 0 Å². The topological polar surface area (TPSA) is 127 Å². The Bertz CT molecular complexity index is 2030. The van der Waals surface area contributed by atoms with Gasteiger partial charge >= 0.3 is 6.09 Å². The van der Waals surface area contributed by atoms with Crippen molar-refractivity contribution in [2.75, 3.05) is 32.5 Å². The molecule has 1 N–H and O–H groups in total. The molecule has 3 heterocycles. The standard InChI is InChI=1S/C43H58N4O7S/c1-6-27-55(51,52)44-38(48)32-15-18-34-35(28-32)46(37(31-13-16-33(53-5)17-14-31)36(34)30-11-8-7-9-12-30)29-42(20-21-42)39(49)45-25-22-43(23-26-45)19-10-24-47(43)40(50)54-41(2,3)4/h13-18,28,30H,6-12,19-27,29H2,1-5H3,(H,44,48). The van der Waals surface area contributed by atoms with Gasteiger partial charge in [-0.25, -0.2) is 17.9 Å². The highest BCUT2D eigenvalue weighted by molar-refractivity contribution is 7.90. The minimum absolute atomic E-state index is 0.133. The number of nitrogens with one attached hydrogen (secondary N) is 1. The van der Waals surface area contributed by atoms with Crippen molar-refractivity contribution in [1.29, 1.82) is 0 Å². The average Bonchev–Trinajstić information content (AvgIpc) is 3.72. The zero-order chi connectivity index (χ0) is 39.2. The van der Waals surface area contributed by atoms with Gasteiger partial charge in [-0.3, -0.25) is 9.59 Å². The number of likely N-dealkylation sites (tertiary alicyclic amines) is 2. The Kier molecular flexibility index (Phi) is 10.8. The lowest BCUT2D eigenvalue weighted by Crippen LogP contribution is -2.56. The Morgan fingerprint density at radius 1 is 0.891 bits per heavy atom. The second-order valence-electron chi connectivity index (χ2n) is 17.4. The van der Waals surface area contributed by atoms with E-state index < -0.39 is 26.9 Å². The quantitative estimate of drug-likeness (QED) is 0.221. The Morgan fingerprint density at radius 2 is 1.58 bits per heavy atom. The zero-order valence-corrected chi connectivity index (χ0v) is 34.1. The van der Waals surface area contributed by atoms with E-state index in [1.165, 1.54) is 12.0 Å². The molecule has 12 heteroatoms. The van der Waals surface area contributed by atoms with Crippen molar-refractivity contribution in [2.24, 2.45) is 5.41 Å². The smallest absolute Gasteiger partial charge is 0.410 e. The van der Waals surface area contributed by atoms with Gasteiger partial charge in [0.15, 0.2) is 0 Å². The number of carbonyl (C=O) groups excluding carboxylic acids is 3. The number of benzene rings is 2. The van der Waals surface area contributed by atoms with Crippen molar-refractivity contribution >= 4 is 38.8 Å². The summed E-state index contributed by atoms with van der Waals surface area (Å²) < 4.78 is 41.1. The number of aromatic nitrogens is 1. The van der Waals surface area contributed by atoms with E-state index in [1.54, 1.807) is 20.1 Å². The van der Waals surface area contributed by atoms with Crippen LogP contribution in [0.4, 0.5) is 4.79 Å². The second-order valence-corrected chi connectivity index (χ2v) is 19.3. The van der Waals surface area contributed by atoms with E-state index in [2.05, 4.69) is 21.4 Å². The van der Waals surface area contributed by atoms with Crippen LogP contribution in [0.3, 0.4) is 0 Å². The molecule has 3 amide bonds. The Hall–Kier alpha value is -4.06. The molecule has 11 nitrogen and oxygen atoms in total. The van der Waals surface area contributed by atoms with Crippen LogP contribution in [-0.2, 0) is 26.1 Å². The minimum atomic E-state index is -3.78. The number of carbonyl (C=O) groups is 3. The number of ether oxygens (including phenoxy) is 2. The first kappa shape index (κ1) is 39.2. The molecule has 298 valence electrons. The summed E-state index contributed by atoms with van der Waals surface area (Å²) in [6.07, 6.45) is 10.5. The number of sulfonamides is 1. The van der Waals surface area contributed by atoms with Crippen molar-refractivity contribution < 1.29 is 32.3 Å². The van der Waals surface area contributed by atoms with Gasteiger partial charge in [0.1, 0.15) is 11.4 Å². The summed E-state index contributed by atoms with van der Waals surface area (Å²) in [6, 6.07) is 13.6. The van der Waals surface area contributed by atoms with Gasteiger partial charge < -0.3 is 23.8 Å². The molecule has 4 aliphatic rings. The van der Waals surface area contributed by atoms with Crippen molar-refractivity contribution in [3.05, 3.63) is 53.6 Å². The third-order valence-corrected chi connectivity index (χ3v) is 13.9. The lowest BCUT2D eigenvalue weighted by atomic mass is 9.81. The zero-order valence-electron chi connectivity index (χ0n) is 33.2. The number of rotatable bonds is 10. The van der Waals surface area contributed by atoms with Gasteiger partial charge in [-0.1, -0.05) is 32.3 Å². The van der Waals surface area contributed by atoms with Gasteiger partial charge in [0.05, 0.1) is 24.0 Å². The Balaban J connectivity index is 1.25. The molecule has 2 aromatic carbocycles. The van der Waals surface area contributed by atoms with Gasteiger partial charge in [-0.15, -0.1) is 0 Å². The maximum atomic E-state index is 14.7. The van der Waals surface area contributed by atoms with Crippen LogP contribution in [0.1, 0.15) is 127 Å². The van der Waals surface area contributed by atoms with Gasteiger partial charge in [-0.05, 0) is 132 Å². The van der Waals surface area contributed by atoms with Gasteiger partial charge in [0.2, 0.25) is 15.9 Å². The highest BCUT2D eigenvalue weighted by atomic mass is 32.2. The van der Waals surface area contributed by atoms with Crippen molar-refractivity contribution in [1.82, 2.24) is 19.1 Å². The van der Waals surface area contributed by atoms with E-state index in [0.29, 0.717) is 38.5 Å². The summed E-state index contributed by atoms with van der Waals surface area (Å²) in [5.74, 6) is 0.418. The Labute approximate surface area is 326 Å². The van der Waals surface area contributed by atoms with Gasteiger partial charge in [0.25, 0.3) is 5.91 Å². The molecule has 0 radical (unpaired) electrons. The fourth-order valence-electron chi connectivity index (χ4n) is 9.48. The summed E-state index contributed by atoms with van der Waals surface area (Å²) in [7, 11) is -2.12. The summed E-state index contributed by atoms with van der Waals surface area (Å²) >= 11 is 0. The van der Waals surface area contributed by atoms with Crippen LogP contribution in [0.25, 0.3) is 22.2 Å². The molecule has 7 rings (SSSR count). The van der Waals surface area contributed by atoms with Crippen LogP contribution in [0.5, 0.6) is 5.75 Å². The number of hydrogen-bond donors (Lipinski definition) is 1. The molecule has 0 unspecified atom stereocenters. The second kappa shape index (κ2) is 15.1. The number of methoxy groups -OCH3 is 1. The van der Waals surface area contributed by atoms with E-state index in [1.807, 2.05) is 54.8 Å². The molecule has 1 spiro atoms. The highest BCUT2D eigenvalue weighted by Crippen LogP contribution is 2.53. The lowest BCUT2D eigenvalue weighted by molar-refractivity contribution is -0.140. The molecule has 2 saturated heterocycles. The predicted octanol–water partition coefficient (Wildman–Crippen LogP) is 8.01. The molecular weight excluding hydrogens is 717 g/mol. The van der Waals surface area contributed by atoms with E-state index in [4.69, 9.17) is 9.47 Å². The number of fused-ring (bicyclic) bond motifs is 1. The Morgan fingerprint density at radius 3 is 2.20 bits per heavy atom. The number of amides is 3. The van der Waals surface area contributed by atoms with Crippen molar-refractivity contribution in [3.8, 4) is 17.0 Å². The average molecular weight is 775 g/mol. The van der Waals surface area contributed by atoms with E-state index in [9.17, 15) is 22.8 Å². The SMILES string of the molecule is CCCS(=O)(=O)NC(=O)c1ccc2c(C3CCCCC3)c(-c3ccc(OC)cc3)n(CC3(C(=O)N4CCC5(CCCN5C(=O)OC(C)(C)C)CC4)CC3)c2c1. The number of hydrogen-bond acceptors (Lipinski definition) is 7. The lowest BCUT2D eigenvalue weighted by Gasteiger charge is -2.45. The molecule has 2 saturated carbocycles. The largest absolute Gasteiger partial charge is 0.497 e. The van der Waals surface area contributed by atoms with Crippen molar-refractivity contribution in [2.45, 2.75) is 128 Å². The molecule has 3 aromatic rings. The molecule has 0 bridgehead atoms.